The molecule has 0 atom stereocenters. The minimum Gasteiger partial charge on any atom is -0.493 e. The number of nitrogens with zero attached hydrogens (tertiary/aromatic N) is 1. The number of hydrogen-bond donors (Lipinski definition) is 2. The largest absolute Gasteiger partial charge is 0.493 e. The number of hydrogen-bond acceptors (Lipinski definition) is 6. The van der Waals surface area contributed by atoms with Crippen molar-refractivity contribution in [3.63, 3.8) is 0 Å². The molecule has 2 heterocycles. The smallest absolute Gasteiger partial charge is 0.261 e. The fourth-order valence-electron chi connectivity index (χ4n) is 3.95. The van der Waals surface area contributed by atoms with Crippen LogP contribution in [0.15, 0.2) is 16.9 Å². The minimum atomic E-state index is -0.634. The number of H-pyrrole nitrogens is 1. The standard InChI is InChI=1S/C20H25FN2O4S/c1-20(25)8-12(9-20)10-27-13-6-15(21)18-16(7-13)22-17(23-19(18)24)11-28-14-2-4-26-5-3-14/h6-7,12,14,25H,2-5,8-11H2,1H3,(H,22,23,24)/t12-,20-. The number of aliphatic hydroxyl groups is 1. The van der Waals surface area contributed by atoms with Crippen molar-refractivity contribution in [3.05, 3.63) is 34.1 Å². The predicted molar refractivity (Wildman–Crippen MR) is 106 cm³/mol. The van der Waals surface area contributed by atoms with Gasteiger partial charge in [0, 0.05) is 30.6 Å². The number of aromatic nitrogens is 2. The summed E-state index contributed by atoms with van der Waals surface area (Å²) in [4.78, 5) is 19.5. The van der Waals surface area contributed by atoms with Gasteiger partial charge in [-0.2, -0.15) is 11.8 Å². The topological polar surface area (TPSA) is 84.4 Å². The van der Waals surface area contributed by atoms with Crippen LogP contribution in [-0.4, -0.2) is 45.7 Å². The number of thioether (sulfide) groups is 1. The Morgan fingerprint density at radius 2 is 2.14 bits per heavy atom. The Kier molecular flexibility index (Phi) is 5.62. The molecule has 1 aromatic heterocycles. The molecule has 4 rings (SSSR count). The van der Waals surface area contributed by atoms with Crippen LogP contribution in [0, 0.1) is 11.7 Å². The van der Waals surface area contributed by atoms with Crippen LogP contribution in [-0.2, 0) is 10.5 Å². The van der Waals surface area contributed by atoms with Crippen LogP contribution in [0.5, 0.6) is 5.75 Å². The Labute approximate surface area is 166 Å². The second-order valence-electron chi connectivity index (χ2n) is 8.02. The van der Waals surface area contributed by atoms with Gasteiger partial charge in [0.05, 0.1) is 23.5 Å². The Hall–Kier alpha value is -1.64. The zero-order chi connectivity index (χ0) is 19.7. The zero-order valence-electron chi connectivity index (χ0n) is 15.9. The molecule has 2 N–H and O–H groups in total. The van der Waals surface area contributed by atoms with E-state index in [4.69, 9.17) is 9.47 Å². The van der Waals surface area contributed by atoms with Gasteiger partial charge in [0.15, 0.2) is 0 Å². The molecular weight excluding hydrogens is 383 g/mol. The second kappa shape index (κ2) is 8.00. The van der Waals surface area contributed by atoms with E-state index < -0.39 is 17.0 Å². The molecule has 1 saturated heterocycles. The van der Waals surface area contributed by atoms with E-state index in [0.29, 0.717) is 47.5 Å². The first-order valence-electron chi connectivity index (χ1n) is 9.67. The molecule has 152 valence electrons. The molecule has 0 spiro atoms. The van der Waals surface area contributed by atoms with Crippen molar-refractivity contribution in [2.45, 2.75) is 49.2 Å². The molecule has 2 aromatic rings. The van der Waals surface area contributed by atoms with Gasteiger partial charge in [-0.1, -0.05) is 0 Å². The molecule has 2 aliphatic rings. The van der Waals surface area contributed by atoms with E-state index in [-0.39, 0.29) is 11.3 Å². The lowest BCUT2D eigenvalue weighted by molar-refractivity contribution is -0.0690. The summed E-state index contributed by atoms with van der Waals surface area (Å²) in [6.45, 7) is 3.75. The summed E-state index contributed by atoms with van der Waals surface area (Å²) in [5, 5.41) is 10.2. The highest BCUT2D eigenvalue weighted by molar-refractivity contribution is 7.99. The third-order valence-corrected chi connectivity index (χ3v) is 6.73. The molecule has 1 saturated carbocycles. The first kappa shape index (κ1) is 19.7. The molecule has 28 heavy (non-hydrogen) atoms. The maximum Gasteiger partial charge on any atom is 0.261 e. The third kappa shape index (κ3) is 4.50. The molecule has 2 fully saturated rings. The molecule has 1 aromatic carbocycles. The molecule has 0 amide bonds. The van der Waals surface area contributed by atoms with Crippen molar-refractivity contribution in [1.82, 2.24) is 9.97 Å². The summed E-state index contributed by atoms with van der Waals surface area (Å²) in [6.07, 6.45) is 3.33. The van der Waals surface area contributed by atoms with E-state index in [9.17, 15) is 14.3 Å². The van der Waals surface area contributed by atoms with Crippen LogP contribution in [0.2, 0.25) is 0 Å². The van der Waals surface area contributed by atoms with Gasteiger partial charge < -0.3 is 19.6 Å². The van der Waals surface area contributed by atoms with Crippen LogP contribution in [0.25, 0.3) is 10.9 Å². The number of halogens is 1. The third-order valence-electron chi connectivity index (χ3n) is 5.35. The lowest BCUT2D eigenvalue weighted by atomic mass is 9.73. The number of fused-ring (bicyclic) bond motifs is 1. The number of nitrogens with one attached hydrogen (secondary N) is 1. The van der Waals surface area contributed by atoms with Crippen molar-refractivity contribution in [2.75, 3.05) is 19.8 Å². The predicted octanol–water partition coefficient (Wildman–Crippen LogP) is 3.01. The lowest BCUT2D eigenvalue weighted by Gasteiger charge is -2.40. The van der Waals surface area contributed by atoms with Gasteiger partial charge in [0.1, 0.15) is 22.8 Å². The summed E-state index contributed by atoms with van der Waals surface area (Å²) in [6, 6.07) is 2.85. The summed E-state index contributed by atoms with van der Waals surface area (Å²) < 4.78 is 25.5. The van der Waals surface area contributed by atoms with Gasteiger partial charge in [0.2, 0.25) is 0 Å². The van der Waals surface area contributed by atoms with Crippen molar-refractivity contribution < 1.29 is 19.0 Å². The Morgan fingerprint density at radius 3 is 2.86 bits per heavy atom. The first-order chi connectivity index (χ1) is 13.4. The van der Waals surface area contributed by atoms with E-state index in [1.54, 1.807) is 24.8 Å². The SMILES string of the molecule is C[C@]1(O)C[C@H](COc2cc(F)c3c(=O)[nH]c(CSC4CCOCC4)nc3c2)C1. The lowest BCUT2D eigenvalue weighted by Crippen LogP contribution is -2.43. The molecule has 1 aliphatic heterocycles. The monoisotopic (exact) mass is 408 g/mol. The molecular formula is C20H25FN2O4S. The normalized spacial score (nSPS) is 25.6. The average molecular weight is 408 g/mol. The Balaban J connectivity index is 1.47. The van der Waals surface area contributed by atoms with Crippen molar-refractivity contribution >= 4 is 22.7 Å². The van der Waals surface area contributed by atoms with E-state index in [2.05, 4.69) is 9.97 Å². The van der Waals surface area contributed by atoms with Crippen LogP contribution in [0.3, 0.4) is 0 Å². The van der Waals surface area contributed by atoms with Crippen LogP contribution in [0.1, 0.15) is 38.4 Å². The quantitative estimate of drug-likeness (QED) is 0.764. The first-order valence-corrected chi connectivity index (χ1v) is 10.7. The maximum absolute atomic E-state index is 14.5. The second-order valence-corrected chi connectivity index (χ2v) is 9.31. The summed E-state index contributed by atoms with van der Waals surface area (Å²) in [5.41, 5.74) is -0.775. The minimum absolute atomic E-state index is 0.0428. The van der Waals surface area contributed by atoms with Crippen LogP contribution >= 0.6 is 11.8 Å². The fourth-order valence-corrected chi connectivity index (χ4v) is 5.01. The van der Waals surface area contributed by atoms with E-state index in [0.717, 1.165) is 26.1 Å². The summed E-state index contributed by atoms with van der Waals surface area (Å²) >= 11 is 1.74. The number of benzene rings is 1. The van der Waals surface area contributed by atoms with Crippen LogP contribution in [0.4, 0.5) is 4.39 Å². The molecule has 0 unspecified atom stereocenters. The van der Waals surface area contributed by atoms with Gasteiger partial charge in [-0.3, -0.25) is 4.79 Å². The molecule has 0 bridgehead atoms. The Morgan fingerprint density at radius 1 is 1.39 bits per heavy atom. The van der Waals surface area contributed by atoms with Gasteiger partial charge in [0.25, 0.3) is 5.56 Å². The summed E-state index contributed by atoms with van der Waals surface area (Å²) in [7, 11) is 0. The van der Waals surface area contributed by atoms with Crippen molar-refractivity contribution in [2.24, 2.45) is 5.92 Å². The average Bonchev–Trinajstić information content (AvgIpc) is 2.63. The molecule has 8 heteroatoms. The van der Waals surface area contributed by atoms with Gasteiger partial charge in [-0.25, -0.2) is 9.37 Å². The van der Waals surface area contributed by atoms with Crippen molar-refractivity contribution in [3.8, 4) is 5.75 Å². The zero-order valence-corrected chi connectivity index (χ0v) is 16.7. The highest BCUT2D eigenvalue weighted by atomic mass is 32.2. The van der Waals surface area contributed by atoms with Crippen LogP contribution < -0.4 is 10.3 Å². The Bertz CT molecular complexity index is 903. The van der Waals surface area contributed by atoms with Gasteiger partial charge in [-0.05, 0) is 38.5 Å². The van der Waals surface area contributed by atoms with Gasteiger partial charge >= 0.3 is 0 Å². The molecule has 0 radical (unpaired) electrons. The van der Waals surface area contributed by atoms with Crippen molar-refractivity contribution in [1.29, 1.82) is 0 Å². The fraction of sp³-hybridized carbons (Fsp3) is 0.600. The number of rotatable bonds is 6. The molecule has 6 nitrogen and oxygen atoms in total. The summed E-state index contributed by atoms with van der Waals surface area (Å²) in [5.74, 6) is 1.09. The highest BCUT2D eigenvalue weighted by Crippen LogP contribution is 2.37. The highest BCUT2D eigenvalue weighted by Gasteiger charge is 2.38. The van der Waals surface area contributed by atoms with E-state index in [1.165, 1.54) is 6.07 Å². The van der Waals surface area contributed by atoms with E-state index >= 15 is 0 Å². The van der Waals surface area contributed by atoms with E-state index in [1.807, 2.05) is 0 Å². The number of ether oxygens (including phenoxy) is 2. The molecule has 1 aliphatic carbocycles. The maximum atomic E-state index is 14.5. The van der Waals surface area contributed by atoms with Gasteiger partial charge in [-0.15, -0.1) is 0 Å². The number of aromatic amines is 1.